The highest BCUT2D eigenvalue weighted by molar-refractivity contribution is 5.85. The van der Waals surface area contributed by atoms with Crippen molar-refractivity contribution < 1.29 is 9.53 Å². The average Bonchev–Trinajstić information content (AvgIpc) is 2.48. The molecule has 0 spiro atoms. The number of carbonyl (C=O) groups is 1. The fraction of sp³-hybridized carbons (Fsp3) is 0.867. The lowest BCUT2D eigenvalue weighted by atomic mass is 9.74. The molecule has 1 saturated carbocycles. The van der Waals surface area contributed by atoms with Crippen molar-refractivity contribution in [2.45, 2.75) is 44.9 Å². The Bertz CT molecular complexity index is 350. The van der Waals surface area contributed by atoms with Crippen LogP contribution in [-0.2, 0) is 9.53 Å². The molecule has 0 aromatic carbocycles. The van der Waals surface area contributed by atoms with Crippen LogP contribution in [0.5, 0.6) is 0 Å². The molecule has 19 heavy (non-hydrogen) atoms. The third-order valence-corrected chi connectivity index (χ3v) is 4.55. The van der Waals surface area contributed by atoms with E-state index in [1.807, 2.05) is 7.05 Å². The van der Waals surface area contributed by atoms with Crippen LogP contribution in [0.2, 0.25) is 0 Å². The molecule has 0 N–H and O–H groups in total. The van der Waals surface area contributed by atoms with Crippen molar-refractivity contribution in [3.63, 3.8) is 0 Å². The van der Waals surface area contributed by atoms with Gasteiger partial charge in [0.05, 0.1) is 6.07 Å². The number of nitriles is 1. The molecule has 0 radical (unpaired) electrons. The van der Waals surface area contributed by atoms with E-state index in [-0.39, 0.29) is 5.91 Å². The molecule has 2 rings (SSSR count). The lowest BCUT2D eigenvalue weighted by Gasteiger charge is -2.35. The number of amides is 1. The molecule has 0 aromatic rings. The van der Waals surface area contributed by atoms with Gasteiger partial charge in [0.25, 0.3) is 0 Å². The molecule has 106 valence electrons. The second-order valence-corrected chi connectivity index (χ2v) is 6.00. The fourth-order valence-corrected chi connectivity index (χ4v) is 3.29. The Balaban J connectivity index is 1.95. The zero-order valence-corrected chi connectivity index (χ0v) is 11.9. The number of hydrogen-bond donors (Lipinski definition) is 0. The highest BCUT2D eigenvalue weighted by Gasteiger charge is 2.41. The molecule has 1 heterocycles. The first-order valence-electron chi connectivity index (χ1n) is 7.42. The molecule has 4 heteroatoms. The maximum absolute atomic E-state index is 12.6. The summed E-state index contributed by atoms with van der Waals surface area (Å²) in [6.45, 7) is 2.37. The first-order valence-corrected chi connectivity index (χ1v) is 7.42. The Kier molecular flexibility index (Phi) is 4.81. The molecule has 1 amide bonds. The summed E-state index contributed by atoms with van der Waals surface area (Å²) < 4.78 is 5.34. The second-order valence-electron chi connectivity index (χ2n) is 6.00. The van der Waals surface area contributed by atoms with Gasteiger partial charge in [0.1, 0.15) is 5.41 Å². The molecule has 4 nitrogen and oxygen atoms in total. The van der Waals surface area contributed by atoms with Crippen molar-refractivity contribution in [1.82, 2.24) is 4.90 Å². The van der Waals surface area contributed by atoms with Gasteiger partial charge >= 0.3 is 0 Å². The fourth-order valence-electron chi connectivity index (χ4n) is 3.29. The number of carbonyl (C=O) groups excluding carboxylic acids is 1. The Labute approximate surface area is 115 Å². The third kappa shape index (κ3) is 3.27. The summed E-state index contributed by atoms with van der Waals surface area (Å²) in [4.78, 5) is 14.4. The van der Waals surface area contributed by atoms with E-state index in [2.05, 4.69) is 6.07 Å². The molecule has 1 aliphatic carbocycles. The zero-order valence-electron chi connectivity index (χ0n) is 11.9. The van der Waals surface area contributed by atoms with Crippen molar-refractivity contribution in [1.29, 1.82) is 5.26 Å². The summed E-state index contributed by atoms with van der Waals surface area (Å²) in [5.41, 5.74) is -0.738. The summed E-state index contributed by atoms with van der Waals surface area (Å²) >= 11 is 0. The van der Waals surface area contributed by atoms with Crippen LogP contribution < -0.4 is 0 Å². The molecule has 0 aromatic heterocycles. The molecular weight excluding hydrogens is 240 g/mol. The smallest absolute Gasteiger partial charge is 0.242 e. The summed E-state index contributed by atoms with van der Waals surface area (Å²) in [7, 11) is 1.85. The van der Waals surface area contributed by atoms with E-state index >= 15 is 0 Å². The molecule has 0 atom stereocenters. The molecule has 0 bridgehead atoms. The number of hydrogen-bond acceptors (Lipinski definition) is 3. The lowest BCUT2D eigenvalue weighted by molar-refractivity contribution is -0.140. The molecule has 1 aliphatic heterocycles. The van der Waals surface area contributed by atoms with Gasteiger partial charge in [0.2, 0.25) is 5.91 Å². The Morgan fingerprint density at radius 3 is 2.53 bits per heavy atom. The van der Waals surface area contributed by atoms with Gasteiger partial charge in [-0.15, -0.1) is 0 Å². The highest BCUT2D eigenvalue weighted by atomic mass is 16.5. The van der Waals surface area contributed by atoms with Crippen LogP contribution >= 0.6 is 0 Å². The van der Waals surface area contributed by atoms with Crippen LogP contribution in [0.15, 0.2) is 0 Å². The monoisotopic (exact) mass is 264 g/mol. The van der Waals surface area contributed by atoms with Crippen molar-refractivity contribution in [3.8, 4) is 6.07 Å². The first-order chi connectivity index (χ1) is 9.18. The quantitative estimate of drug-likeness (QED) is 0.786. The topological polar surface area (TPSA) is 53.3 Å². The third-order valence-electron chi connectivity index (χ3n) is 4.55. The van der Waals surface area contributed by atoms with Gasteiger partial charge in [-0.3, -0.25) is 4.79 Å². The van der Waals surface area contributed by atoms with Crippen LogP contribution in [-0.4, -0.2) is 37.6 Å². The van der Waals surface area contributed by atoms with Crippen LogP contribution in [0.3, 0.4) is 0 Å². The van der Waals surface area contributed by atoms with Gasteiger partial charge in [-0.1, -0.05) is 19.3 Å². The van der Waals surface area contributed by atoms with E-state index in [1.165, 1.54) is 0 Å². The van der Waals surface area contributed by atoms with Crippen LogP contribution in [0.4, 0.5) is 0 Å². The summed E-state index contributed by atoms with van der Waals surface area (Å²) in [6.07, 6.45) is 6.68. The Hall–Kier alpha value is -1.08. The van der Waals surface area contributed by atoms with E-state index in [4.69, 9.17) is 4.74 Å². The van der Waals surface area contributed by atoms with Gasteiger partial charge in [-0.05, 0) is 31.6 Å². The first kappa shape index (κ1) is 14.3. The maximum atomic E-state index is 12.6. The van der Waals surface area contributed by atoms with E-state index in [0.717, 1.165) is 64.7 Å². The maximum Gasteiger partial charge on any atom is 0.242 e. The van der Waals surface area contributed by atoms with Gasteiger partial charge in [0, 0.05) is 26.8 Å². The number of rotatable bonds is 3. The van der Waals surface area contributed by atoms with E-state index in [9.17, 15) is 10.1 Å². The van der Waals surface area contributed by atoms with Crippen LogP contribution in [0.1, 0.15) is 44.9 Å². The summed E-state index contributed by atoms with van der Waals surface area (Å²) in [6, 6.07) is 2.32. The van der Waals surface area contributed by atoms with Gasteiger partial charge in [0.15, 0.2) is 0 Å². The van der Waals surface area contributed by atoms with Crippen molar-refractivity contribution in [2.24, 2.45) is 11.3 Å². The van der Waals surface area contributed by atoms with Crippen molar-refractivity contribution in [2.75, 3.05) is 26.8 Å². The van der Waals surface area contributed by atoms with Crippen molar-refractivity contribution in [3.05, 3.63) is 0 Å². The standard InChI is InChI=1S/C15H24N2O2/c1-17(11-13-5-9-19-10-6-13)14(18)15(12-16)7-3-2-4-8-15/h13H,2-11H2,1H3. The summed E-state index contributed by atoms with van der Waals surface area (Å²) in [5, 5.41) is 9.45. The Morgan fingerprint density at radius 2 is 1.95 bits per heavy atom. The van der Waals surface area contributed by atoms with Gasteiger partial charge < -0.3 is 9.64 Å². The highest BCUT2D eigenvalue weighted by Crippen LogP contribution is 2.37. The minimum absolute atomic E-state index is 0.0428. The molecule has 1 saturated heterocycles. The predicted octanol–water partition coefficient (Wildman–Crippen LogP) is 2.35. The predicted molar refractivity (Wildman–Crippen MR) is 72.3 cm³/mol. The zero-order chi connectivity index (χ0) is 13.7. The van der Waals surface area contributed by atoms with Gasteiger partial charge in [-0.2, -0.15) is 5.26 Å². The van der Waals surface area contributed by atoms with Gasteiger partial charge in [-0.25, -0.2) is 0 Å². The summed E-state index contributed by atoms with van der Waals surface area (Å²) in [5.74, 6) is 0.572. The SMILES string of the molecule is CN(CC1CCOCC1)C(=O)C1(C#N)CCCCC1. The molecule has 0 unspecified atom stereocenters. The second kappa shape index (κ2) is 6.38. The van der Waals surface area contributed by atoms with Crippen molar-refractivity contribution >= 4 is 5.91 Å². The molecule has 2 aliphatic rings. The molecular formula is C15H24N2O2. The largest absolute Gasteiger partial charge is 0.381 e. The normalized spacial score (nSPS) is 23.6. The van der Waals surface area contributed by atoms with Crippen LogP contribution in [0.25, 0.3) is 0 Å². The minimum atomic E-state index is -0.738. The lowest BCUT2D eigenvalue weighted by Crippen LogP contribution is -2.44. The van der Waals surface area contributed by atoms with E-state index < -0.39 is 5.41 Å². The Morgan fingerprint density at radius 1 is 1.32 bits per heavy atom. The van der Waals surface area contributed by atoms with E-state index in [1.54, 1.807) is 4.90 Å². The minimum Gasteiger partial charge on any atom is -0.381 e. The number of nitrogens with zero attached hydrogens (tertiary/aromatic N) is 2. The molecule has 2 fully saturated rings. The van der Waals surface area contributed by atoms with E-state index in [0.29, 0.717) is 5.92 Å². The average molecular weight is 264 g/mol. The number of ether oxygens (including phenoxy) is 1. The van der Waals surface area contributed by atoms with Crippen LogP contribution in [0, 0.1) is 22.7 Å².